The molecule has 1 N–H and O–H groups in total. The number of rotatable bonds is 6. The normalized spacial score (nSPS) is 13.1. The first-order chi connectivity index (χ1) is 9.73. The molecule has 1 aromatic rings. The van der Waals surface area contributed by atoms with Crippen LogP contribution in [0, 0.1) is 5.92 Å². The van der Waals surface area contributed by atoms with Crippen LogP contribution < -0.4 is 10.1 Å². The summed E-state index contributed by atoms with van der Waals surface area (Å²) in [7, 11) is 1.31. The second-order valence-corrected chi connectivity index (χ2v) is 4.82. The molecule has 0 saturated carbocycles. The van der Waals surface area contributed by atoms with Crippen molar-refractivity contribution in [1.29, 1.82) is 0 Å². The lowest BCUT2D eigenvalue weighted by atomic mass is 10.0. The minimum absolute atomic E-state index is 0.0327. The van der Waals surface area contributed by atoms with Crippen LogP contribution in [0.4, 0.5) is 13.2 Å². The van der Waals surface area contributed by atoms with Crippen LogP contribution in [0.15, 0.2) is 24.3 Å². The van der Waals surface area contributed by atoms with Crippen molar-refractivity contribution in [3.63, 3.8) is 0 Å². The lowest BCUT2D eigenvalue weighted by Crippen LogP contribution is -2.41. The number of carbonyl (C=O) groups excluding carboxylic acids is 1. The van der Waals surface area contributed by atoms with Gasteiger partial charge in [0.2, 0.25) is 0 Å². The monoisotopic (exact) mass is 305 g/mol. The summed E-state index contributed by atoms with van der Waals surface area (Å²) in [5.74, 6) is -0.619. The van der Waals surface area contributed by atoms with Crippen molar-refractivity contribution < 1.29 is 27.4 Å². The van der Waals surface area contributed by atoms with Crippen LogP contribution in [0.3, 0.4) is 0 Å². The summed E-state index contributed by atoms with van der Waals surface area (Å²) in [6.07, 6.45) is -4.70. The molecule has 118 valence electrons. The molecule has 0 amide bonds. The van der Waals surface area contributed by atoms with Gasteiger partial charge in [0, 0.05) is 6.54 Å². The average molecular weight is 305 g/mol. The van der Waals surface area contributed by atoms with E-state index in [2.05, 4.69) is 14.8 Å². The van der Waals surface area contributed by atoms with E-state index in [1.807, 2.05) is 13.8 Å². The van der Waals surface area contributed by atoms with Gasteiger partial charge in [0.15, 0.2) is 0 Å². The third-order valence-electron chi connectivity index (χ3n) is 2.80. The SMILES string of the molecule is COC(=O)[C@@H](NCc1ccc(OC(F)(F)F)cc1)C(C)C. The highest BCUT2D eigenvalue weighted by molar-refractivity contribution is 5.75. The molecule has 0 aliphatic heterocycles. The number of methoxy groups -OCH3 is 1. The van der Waals surface area contributed by atoms with Gasteiger partial charge in [-0.25, -0.2) is 0 Å². The van der Waals surface area contributed by atoms with Crippen LogP contribution in [0.1, 0.15) is 19.4 Å². The molecule has 0 aromatic heterocycles. The molecule has 0 heterocycles. The van der Waals surface area contributed by atoms with Crippen LogP contribution in [0.25, 0.3) is 0 Å². The molecule has 0 saturated heterocycles. The van der Waals surface area contributed by atoms with E-state index in [4.69, 9.17) is 0 Å². The van der Waals surface area contributed by atoms with Crippen LogP contribution in [0.5, 0.6) is 5.75 Å². The smallest absolute Gasteiger partial charge is 0.468 e. The lowest BCUT2D eigenvalue weighted by molar-refractivity contribution is -0.274. The van der Waals surface area contributed by atoms with E-state index in [0.29, 0.717) is 6.54 Å². The Balaban J connectivity index is 2.61. The first-order valence-electron chi connectivity index (χ1n) is 6.39. The summed E-state index contributed by atoms with van der Waals surface area (Å²) >= 11 is 0. The van der Waals surface area contributed by atoms with Gasteiger partial charge in [0.25, 0.3) is 0 Å². The number of hydrogen-bond donors (Lipinski definition) is 1. The molecule has 0 bridgehead atoms. The number of benzene rings is 1. The second-order valence-electron chi connectivity index (χ2n) is 4.82. The zero-order valence-corrected chi connectivity index (χ0v) is 12.0. The predicted molar refractivity (Wildman–Crippen MR) is 70.6 cm³/mol. The molecule has 0 radical (unpaired) electrons. The maximum atomic E-state index is 12.0. The predicted octanol–water partition coefficient (Wildman–Crippen LogP) is 2.87. The van der Waals surface area contributed by atoms with Crippen molar-refractivity contribution in [1.82, 2.24) is 5.32 Å². The largest absolute Gasteiger partial charge is 0.573 e. The molecule has 0 aliphatic rings. The number of ether oxygens (including phenoxy) is 2. The fourth-order valence-electron chi connectivity index (χ4n) is 1.75. The summed E-state index contributed by atoms with van der Waals surface area (Å²) in [6, 6.07) is 4.99. The zero-order chi connectivity index (χ0) is 16.0. The van der Waals surface area contributed by atoms with Gasteiger partial charge in [-0.1, -0.05) is 26.0 Å². The third-order valence-corrected chi connectivity index (χ3v) is 2.80. The Morgan fingerprint density at radius 1 is 1.24 bits per heavy atom. The molecule has 1 atom stereocenters. The van der Waals surface area contributed by atoms with Crippen LogP contribution in [-0.4, -0.2) is 25.5 Å². The van der Waals surface area contributed by atoms with Crippen molar-refractivity contribution >= 4 is 5.97 Å². The highest BCUT2D eigenvalue weighted by Crippen LogP contribution is 2.22. The van der Waals surface area contributed by atoms with E-state index in [9.17, 15) is 18.0 Å². The van der Waals surface area contributed by atoms with Gasteiger partial charge < -0.3 is 14.8 Å². The number of esters is 1. The summed E-state index contributed by atoms with van der Waals surface area (Å²) < 4.78 is 44.6. The van der Waals surface area contributed by atoms with E-state index in [1.165, 1.54) is 31.4 Å². The number of alkyl halides is 3. The first kappa shape index (κ1) is 17.3. The summed E-state index contributed by atoms with van der Waals surface area (Å²) in [6.45, 7) is 4.08. The quantitative estimate of drug-likeness (QED) is 0.821. The molecule has 0 unspecified atom stereocenters. The average Bonchev–Trinajstić information content (AvgIpc) is 2.38. The first-order valence-corrected chi connectivity index (χ1v) is 6.39. The Morgan fingerprint density at radius 2 is 1.81 bits per heavy atom. The molecule has 1 aromatic carbocycles. The van der Waals surface area contributed by atoms with Gasteiger partial charge in [0.1, 0.15) is 11.8 Å². The highest BCUT2D eigenvalue weighted by Gasteiger charge is 2.31. The van der Waals surface area contributed by atoms with Crippen molar-refractivity contribution in [3.05, 3.63) is 29.8 Å². The molecule has 7 heteroatoms. The molecule has 0 spiro atoms. The summed E-state index contributed by atoms with van der Waals surface area (Å²) in [5, 5.41) is 3.02. The Hall–Kier alpha value is -1.76. The van der Waals surface area contributed by atoms with Gasteiger partial charge in [-0.05, 0) is 23.6 Å². The molecule has 0 fully saturated rings. The van der Waals surface area contributed by atoms with E-state index in [1.54, 1.807) is 0 Å². The fraction of sp³-hybridized carbons (Fsp3) is 0.500. The number of hydrogen-bond acceptors (Lipinski definition) is 4. The van der Waals surface area contributed by atoms with Gasteiger partial charge in [-0.2, -0.15) is 0 Å². The van der Waals surface area contributed by atoms with Gasteiger partial charge in [0.05, 0.1) is 7.11 Å². The molecular formula is C14H18F3NO3. The van der Waals surface area contributed by atoms with Crippen LogP contribution >= 0.6 is 0 Å². The van der Waals surface area contributed by atoms with Crippen molar-refractivity contribution in [3.8, 4) is 5.75 Å². The van der Waals surface area contributed by atoms with Crippen LogP contribution in [0.2, 0.25) is 0 Å². The van der Waals surface area contributed by atoms with E-state index in [-0.39, 0.29) is 17.6 Å². The van der Waals surface area contributed by atoms with Gasteiger partial charge in [-0.15, -0.1) is 13.2 Å². The van der Waals surface area contributed by atoms with E-state index < -0.39 is 12.4 Å². The second kappa shape index (κ2) is 7.31. The Kier molecular flexibility index (Phi) is 6.02. The van der Waals surface area contributed by atoms with Crippen LogP contribution in [-0.2, 0) is 16.1 Å². The maximum Gasteiger partial charge on any atom is 0.573 e. The minimum atomic E-state index is -4.70. The highest BCUT2D eigenvalue weighted by atomic mass is 19.4. The molecule has 4 nitrogen and oxygen atoms in total. The fourth-order valence-corrected chi connectivity index (χ4v) is 1.75. The topological polar surface area (TPSA) is 47.6 Å². The third kappa shape index (κ3) is 6.03. The molecular weight excluding hydrogens is 287 g/mol. The number of halogens is 3. The zero-order valence-electron chi connectivity index (χ0n) is 12.0. The van der Waals surface area contributed by atoms with Gasteiger partial charge >= 0.3 is 12.3 Å². The van der Waals surface area contributed by atoms with Crippen molar-refractivity contribution in [2.24, 2.45) is 5.92 Å². The van der Waals surface area contributed by atoms with Gasteiger partial charge in [-0.3, -0.25) is 4.79 Å². The molecule has 1 rings (SSSR count). The number of nitrogens with one attached hydrogen (secondary N) is 1. The summed E-state index contributed by atoms with van der Waals surface area (Å²) in [5.41, 5.74) is 0.735. The van der Waals surface area contributed by atoms with E-state index in [0.717, 1.165) is 5.56 Å². The minimum Gasteiger partial charge on any atom is -0.468 e. The summed E-state index contributed by atoms with van der Waals surface area (Å²) in [4.78, 5) is 11.6. The van der Waals surface area contributed by atoms with Crippen molar-refractivity contribution in [2.75, 3.05) is 7.11 Å². The lowest BCUT2D eigenvalue weighted by Gasteiger charge is -2.20. The Labute approximate surface area is 121 Å². The molecule has 21 heavy (non-hydrogen) atoms. The maximum absolute atomic E-state index is 12.0. The standard InChI is InChI=1S/C14H18F3NO3/c1-9(2)12(13(19)20-3)18-8-10-4-6-11(7-5-10)21-14(15,16)17/h4-7,9,12,18H,8H2,1-3H3/t12-/m0/s1. The van der Waals surface area contributed by atoms with E-state index >= 15 is 0 Å². The number of carbonyl (C=O) groups is 1. The Morgan fingerprint density at radius 3 is 2.24 bits per heavy atom. The van der Waals surface area contributed by atoms with Crippen molar-refractivity contribution in [2.45, 2.75) is 32.8 Å². The Bertz CT molecular complexity index is 458. The molecule has 0 aliphatic carbocycles.